The molecule has 0 saturated carbocycles. The highest BCUT2D eigenvalue weighted by Crippen LogP contribution is 2.35. The van der Waals surface area contributed by atoms with Crippen molar-refractivity contribution >= 4 is 22.9 Å². The first-order valence-electron chi connectivity index (χ1n) is 7.51. The van der Waals surface area contributed by atoms with E-state index in [2.05, 4.69) is 16.4 Å². The lowest BCUT2D eigenvalue weighted by molar-refractivity contribution is -0.116. The third-order valence-electron chi connectivity index (χ3n) is 4.02. The number of aryl methyl sites for hydroxylation is 1. The molecule has 0 bridgehead atoms. The second-order valence-electron chi connectivity index (χ2n) is 5.66. The van der Waals surface area contributed by atoms with E-state index in [0.29, 0.717) is 6.42 Å². The lowest BCUT2D eigenvalue weighted by atomic mass is 10.0. The fourth-order valence-corrected chi connectivity index (χ4v) is 3.56. The maximum atomic E-state index is 11.4. The second kappa shape index (κ2) is 5.65. The minimum Gasteiger partial charge on any atom is -0.504 e. The zero-order valence-electron chi connectivity index (χ0n) is 12.6. The molecule has 1 aliphatic rings. The summed E-state index contributed by atoms with van der Waals surface area (Å²) in [4.78, 5) is 16.1. The largest absolute Gasteiger partial charge is 0.504 e. The third kappa shape index (κ3) is 2.61. The second-order valence-corrected chi connectivity index (χ2v) is 6.52. The number of nitrogens with one attached hydrogen (secondary N) is 1. The van der Waals surface area contributed by atoms with E-state index in [0.717, 1.165) is 39.5 Å². The number of phenolic OH excluding ortho intramolecular Hbond substituents is 2. The molecule has 0 saturated heterocycles. The molecule has 1 aromatic heterocycles. The van der Waals surface area contributed by atoms with Crippen LogP contribution in [0.5, 0.6) is 11.5 Å². The highest BCUT2D eigenvalue weighted by atomic mass is 32.1. The molecule has 1 aliphatic heterocycles. The third-order valence-corrected chi connectivity index (χ3v) is 4.91. The molecule has 0 unspecified atom stereocenters. The van der Waals surface area contributed by atoms with Crippen LogP contribution in [-0.2, 0) is 11.2 Å². The normalized spacial score (nSPS) is 13.4. The van der Waals surface area contributed by atoms with Crippen LogP contribution in [0.25, 0.3) is 21.8 Å². The Morgan fingerprint density at radius 2 is 1.83 bits per heavy atom. The number of hydrogen-bond acceptors (Lipinski definition) is 5. The van der Waals surface area contributed by atoms with Gasteiger partial charge in [-0.25, -0.2) is 4.98 Å². The molecule has 0 fully saturated rings. The van der Waals surface area contributed by atoms with E-state index in [1.807, 2.05) is 17.5 Å². The Morgan fingerprint density at radius 1 is 1.00 bits per heavy atom. The van der Waals surface area contributed by atoms with Crippen LogP contribution in [-0.4, -0.2) is 21.1 Å². The number of anilines is 1. The molecular formula is C18H14N2O3S. The number of aromatic nitrogens is 1. The van der Waals surface area contributed by atoms with Crippen LogP contribution >= 0.6 is 11.3 Å². The Kier molecular flexibility index (Phi) is 3.46. The van der Waals surface area contributed by atoms with Crippen molar-refractivity contribution in [3.63, 3.8) is 0 Å². The summed E-state index contributed by atoms with van der Waals surface area (Å²) in [6, 6.07) is 10.6. The first-order valence-corrected chi connectivity index (χ1v) is 8.39. The van der Waals surface area contributed by atoms with Crippen molar-refractivity contribution in [2.45, 2.75) is 12.8 Å². The molecule has 1 amide bonds. The molecule has 2 heterocycles. The predicted molar refractivity (Wildman–Crippen MR) is 93.3 cm³/mol. The number of rotatable bonds is 2. The van der Waals surface area contributed by atoms with Crippen molar-refractivity contribution in [1.82, 2.24) is 4.98 Å². The predicted octanol–water partition coefficient (Wildman–Crippen LogP) is 3.77. The Balaban J connectivity index is 1.67. The number of carbonyl (C=O) groups is 1. The number of carbonyl (C=O) groups excluding carboxylic acids is 1. The first-order chi connectivity index (χ1) is 11.6. The van der Waals surface area contributed by atoms with Gasteiger partial charge >= 0.3 is 0 Å². The lowest BCUT2D eigenvalue weighted by Gasteiger charge is -2.17. The summed E-state index contributed by atoms with van der Waals surface area (Å²) >= 11 is 1.52. The molecule has 6 heteroatoms. The minimum atomic E-state index is -0.161. The van der Waals surface area contributed by atoms with Crippen LogP contribution < -0.4 is 5.32 Å². The molecule has 0 atom stereocenters. The quantitative estimate of drug-likeness (QED) is 0.621. The molecule has 24 heavy (non-hydrogen) atoms. The van der Waals surface area contributed by atoms with Gasteiger partial charge in [-0.15, -0.1) is 11.3 Å². The van der Waals surface area contributed by atoms with Gasteiger partial charge in [-0.3, -0.25) is 4.79 Å². The van der Waals surface area contributed by atoms with E-state index in [-0.39, 0.29) is 17.4 Å². The number of benzene rings is 2. The standard InChI is InChI=1S/C18H14N2O3S/c21-15-5-2-11(8-16(15)22)14-9-24-18(20-14)12-1-4-13-10(7-12)3-6-17(23)19-13/h1-2,4-5,7-9,21-22H,3,6H2,(H,19,23). The molecular weight excluding hydrogens is 324 g/mol. The van der Waals surface area contributed by atoms with Gasteiger partial charge in [0.2, 0.25) is 5.91 Å². The number of aromatic hydroxyl groups is 2. The van der Waals surface area contributed by atoms with Gasteiger partial charge < -0.3 is 15.5 Å². The number of fused-ring (bicyclic) bond motifs is 1. The van der Waals surface area contributed by atoms with E-state index >= 15 is 0 Å². The van der Waals surface area contributed by atoms with Crippen molar-refractivity contribution in [2.24, 2.45) is 0 Å². The molecule has 0 spiro atoms. The highest BCUT2D eigenvalue weighted by Gasteiger charge is 2.16. The Morgan fingerprint density at radius 3 is 2.67 bits per heavy atom. The van der Waals surface area contributed by atoms with Gasteiger partial charge in [0.05, 0.1) is 5.69 Å². The maximum Gasteiger partial charge on any atom is 0.224 e. The summed E-state index contributed by atoms with van der Waals surface area (Å²) in [6.07, 6.45) is 1.24. The lowest BCUT2D eigenvalue weighted by Crippen LogP contribution is -2.18. The molecule has 120 valence electrons. The van der Waals surface area contributed by atoms with E-state index in [1.165, 1.54) is 23.5 Å². The van der Waals surface area contributed by atoms with Crippen LogP contribution in [0.1, 0.15) is 12.0 Å². The zero-order valence-corrected chi connectivity index (χ0v) is 13.4. The van der Waals surface area contributed by atoms with Crippen LogP contribution in [0.3, 0.4) is 0 Å². The average Bonchev–Trinajstić information content (AvgIpc) is 3.07. The average molecular weight is 338 g/mol. The molecule has 0 radical (unpaired) electrons. The number of nitrogens with zero attached hydrogens (tertiary/aromatic N) is 1. The van der Waals surface area contributed by atoms with Crippen molar-refractivity contribution < 1.29 is 15.0 Å². The molecule has 5 nitrogen and oxygen atoms in total. The number of thiazole rings is 1. The maximum absolute atomic E-state index is 11.4. The Hall–Kier alpha value is -2.86. The van der Waals surface area contributed by atoms with Crippen molar-refractivity contribution in [3.8, 4) is 33.3 Å². The van der Waals surface area contributed by atoms with Crippen molar-refractivity contribution in [1.29, 1.82) is 0 Å². The number of hydrogen-bond donors (Lipinski definition) is 3. The van der Waals surface area contributed by atoms with Gasteiger partial charge in [-0.2, -0.15) is 0 Å². The van der Waals surface area contributed by atoms with Crippen LogP contribution in [0.2, 0.25) is 0 Å². The van der Waals surface area contributed by atoms with Gasteiger partial charge in [0.1, 0.15) is 5.01 Å². The summed E-state index contributed by atoms with van der Waals surface area (Å²) in [5.41, 5.74) is 4.49. The van der Waals surface area contributed by atoms with Crippen LogP contribution in [0, 0.1) is 0 Å². The summed E-state index contributed by atoms with van der Waals surface area (Å²) in [6.45, 7) is 0. The molecule has 3 aromatic rings. The monoisotopic (exact) mass is 338 g/mol. The number of amides is 1. The summed E-state index contributed by atoms with van der Waals surface area (Å²) in [5, 5.41) is 24.7. The van der Waals surface area contributed by atoms with Gasteiger partial charge in [0.25, 0.3) is 0 Å². The van der Waals surface area contributed by atoms with E-state index in [9.17, 15) is 15.0 Å². The topological polar surface area (TPSA) is 82.5 Å². The van der Waals surface area contributed by atoms with E-state index in [1.54, 1.807) is 6.07 Å². The number of phenols is 2. The van der Waals surface area contributed by atoms with Crippen LogP contribution in [0.4, 0.5) is 5.69 Å². The fourth-order valence-electron chi connectivity index (χ4n) is 2.74. The summed E-state index contributed by atoms with van der Waals surface area (Å²) in [7, 11) is 0. The van der Waals surface area contributed by atoms with E-state index in [4.69, 9.17) is 0 Å². The van der Waals surface area contributed by atoms with Gasteiger partial charge in [-0.05, 0) is 48.4 Å². The molecule has 0 aliphatic carbocycles. The fraction of sp³-hybridized carbons (Fsp3) is 0.111. The van der Waals surface area contributed by atoms with Gasteiger partial charge in [-0.1, -0.05) is 0 Å². The van der Waals surface area contributed by atoms with E-state index < -0.39 is 0 Å². The summed E-state index contributed by atoms with van der Waals surface area (Å²) < 4.78 is 0. The van der Waals surface area contributed by atoms with Gasteiger partial charge in [0, 0.05) is 28.6 Å². The minimum absolute atomic E-state index is 0.0546. The zero-order chi connectivity index (χ0) is 16.7. The Bertz CT molecular complexity index is 949. The summed E-state index contributed by atoms with van der Waals surface area (Å²) in [5.74, 6) is -0.253. The molecule has 3 N–H and O–H groups in total. The Labute approximate surface area is 142 Å². The highest BCUT2D eigenvalue weighted by molar-refractivity contribution is 7.13. The van der Waals surface area contributed by atoms with Crippen molar-refractivity contribution in [2.75, 3.05) is 5.32 Å². The smallest absolute Gasteiger partial charge is 0.224 e. The molecule has 4 rings (SSSR count). The SMILES string of the molecule is O=C1CCc2cc(-c3nc(-c4ccc(O)c(O)c4)cs3)ccc2N1. The first kappa shape index (κ1) is 14.7. The van der Waals surface area contributed by atoms with Crippen LogP contribution in [0.15, 0.2) is 41.8 Å². The van der Waals surface area contributed by atoms with Gasteiger partial charge in [0.15, 0.2) is 11.5 Å². The van der Waals surface area contributed by atoms with Crippen molar-refractivity contribution in [3.05, 3.63) is 47.3 Å². The molecule has 2 aromatic carbocycles.